The summed E-state index contributed by atoms with van der Waals surface area (Å²) in [4.78, 5) is 31.0. The molecule has 0 spiro atoms. The first-order chi connectivity index (χ1) is 16.0. The van der Waals surface area contributed by atoms with Gasteiger partial charge in [-0.25, -0.2) is 0 Å². The van der Waals surface area contributed by atoms with Crippen LogP contribution in [0.2, 0.25) is 0 Å². The second-order valence-corrected chi connectivity index (χ2v) is 8.14. The minimum absolute atomic E-state index is 0.0315. The number of aromatic hydroxyl groups is 1. The number of benzene rings is 2. The summed E-state index contributed by atoms with van der Waals surface area (Å²) in [5.41, 5.74) is 3.92. The van der Waals surface area contributed by atoms with Gasteiger partial charge in [-0.1, -0.05) is 18.2 Å². The maximum absolute atomic E-state index is 13.1. The number of carbonyl (C=O) groups is 2. The summed E-state index contributed by atoms with van der Waals surface area (Å²) in [7, 11) is 0. The Morgan fingerprint density at radius 1 is 1.09 bits per heavy atom. The highest BCUT2D eigenvalue weighted by molar-refractivity contribution is 6.00. The van der Waals surface area contributed by atoms with Gasteiger partial charge in [0.25, 0.3) is 5.91 Å². The highest BCUT2D eigenvalue weighted by Gasteiger charge is 2.30. The number of H-pyrrole nitrogens is 1. The van der Waals surface area contributed by atoms with Crippen molar-refractivity contribution < 1.29 is 19.8 Å². The topological polar surface area (TPSA) is 111 Å². The van der Waals surface area contributed by atoms with E-state index in [0.717, 1.165) is 16.6 Å². The smallest absolute Gasteiger partial charge is 0.255 e. The number of amides is 2. The Kier molecular flexibility index (Phi) is 5.35. The first-order valence-corrected chi connectivity index (χ1v) is 10.8. The molecule has 8 nitrogen and oxygen atoms in total. The zero-order chi connectivity index (χ0) is 22.9. The Morgan fingerprint density at radius 2 is 1.88 bits per heavy atom. The molecule has 1 aliphatic heterocycles. The van der Waals surface area contributed by atoms with Crippen LogP contribution in [0.15, 0.2) is 67.0 Å². The minimum Gasteiger partial charge on any atom is -0.507 e. The molecule has 8 heteroatoms. The average molecular weight is 444 g/mol. The maximum atomic E-state index is 13.1. The van der Waals surface area contributed by atoms with Gasteiger partial charge in [0.15, 0.2) is 0 Å². The van der Waals surface area contributed by atoms with Gasteiger partial charge < -0.3 is 30.0 Å². The lowest BCUT2D eigenvalue weighted by Crippen LogP contribution is -2.51. The summed E-state index contributed by atoms with van der Waals surface area (Å²) in [5, 5.41) is 23.8. The van der Waals surface area contributed by atoms with Crippen molar-refractivity contribution in [3.63, 3.8) is 0 Å². The number of hydrogen-bond acceptors (Lipinski definition) is 4. The average Bonchev–Trinajstić information content (AvgIpc) is 3.50. The van der Waals surface area contributed by atoms with Crippen molar-refractivity contribution in [1.82, 2.24) is 19.8 Å². The Morgan fingerprint density at radius 3 is 2.67 bits per heavy atom. The molecule has 0 bridgehead atoms. The number of nitrogens with one attached hydrogen (secondary N) is 2. The van der Waals surface area contributed by atoms with Crippen LogP contribution in [0.1, 0.15) is 21.6 Å². The molecule has 0 radical (unpaired) electrons. The number of aromatic nitrogens is 2. The van der Waals surface area contributed by atoms with Gasteiger partial charge >= 0.3 is 0 Å². The van der Waals surface area contributed by atoms with Crippen LogP contribution in [-0.2, 0) is 17.8 Å². The first-order valence-electron chi connectivity index (χ1n) is 10.8. The van der Waals surface area contributed by atoms with E-state index in [9.17, 15) is 19.8 Å². The van der Waals surface area contributed by atoms with E-state index in [1.54, 1.807) is 21.6 Å². The van der Waals surface area contributed by atoms with Crippen LogP contribution in [0.25, 0.3) is 16.6 Å². The lowest BCUT2D eigenvalue weighted by Gasteiger charge is -2.30. The van der Waals surface area contributed by atoms with Crippen LogP contribution in [0.3, 0.4) is 0 Å². The standard InChI is InChI=1S/C25H24N4O4/c30-15-22(27-24(32)19-13-16(7-8-23(19)31)28-10-3-4-11-28)25(33)29-12-9-18-17-5-1-2-6-20(17)26-21(18)14-29/h1-8,10-11,13,22,26,30-31H,9,12,14-15H2,(H,27,32). The lowest BCUT2D eigenvalue weighted by atomic mass is 10.0. The molecule has 0 fully saturated rings. The number of nitrogens with zero attached hydrogens (tertiary/aromatic N) is 2. The van der Waals surface area contributed by atoms with Crippen molar-refractivity contribution in [1.29, 1.82) is 0 Å². The quantitative estimate of drug-likeness (QED) is 0.379. The van der Waals surface area contributed by atoms with Gasteiger partial charge in [-0.05, 0) is 48.4 Å². The number of aliphatic hydroxyl groups is 1. The van der Waals surface area contributed by atoms with E-state index in [1.165, 1.54) is 11.6 Å². The molecule has 1 atom stereocenters. The van der Waals surface area contributed by atoms with Crippen LogP contribution >= 0.6 is 0 Å². The molecule has 2 aromatic carbocycles. The third-order valence-electron chi connectivity index (χ3n) is 6.11. The van der Waals surface area contributed by atoms with Gasteiger partial charge in [-0.15, -0.1) is 0 Å². The number of carbonyl (C=O) groups excluding carboxylic acids is 2. The monoisotopic (exact) mass is 444 g/mol. The van der Waals surface area contributed by atoms with Gasteiger partial charge in [0, 0.05) is 41.2 Å². The van der Waals surface area contributed by atoms with Crippen LogP contribution in [0, 0.1) is 0 Å². The van der Waals surface area contributed by atoms with Crippen molar-refractivity contribution in [3.8, 4) is 11.4 Å². The summed E-state index contributed by atoms with van der Waals surface area (Å²) in [6.07, 6.45) is 4.34. The predicted molar refractivity (Wildman–Crippen MR) is 123 cm³/mol. The molecule has 0 saturated heterocycles. The number of hydrogen-bond donors (Lipinski definition) is 4. The number of para-hydroxylation sites is 1. The second kappa shape index (κ2) is 8.48. The largest absolute Gasteiger partial charge is 0.507 e. The molecule has 1 unspecified atom stereocenters. The molecule has 0 aliphatic carbocycles. The molecule has 5 rings (SSSR count). The van der Waals surface area contributed by atoms with Gasteiger partial charge in [0.1, 0.15) is 11.8 Å². The molecule has 4 N–H and O–H groups in total. The number of phenolic OH excluding ortho intramolecular Hbond substituents is 1. The second-order valence-electron chi connectivity index (χ2n) is 8.14. The van der Waals surface area contributed by atoms with Gasteiger partial charge in [-0.2, -0.15) is 0 Å². The highest BCUT2D eigenvalue weighted by atomic mass is 16.3. The van der Waals surface area contributed by atoms with E-state index >= 15 is 0 Å². The molecule has 33 heavy (non-hydrogen) atoms. The molecule has 4 aromatic rings. The SMILES string of the molecule is O=C(NC(CO)C(=O)N1CCc2c([nH]c3ccccc23)C1)c1cc(-n2cccc2)ccc1O. The van der Waals surface area contributed by atoms with Crippen molar-refractivity contribution in [3.05, 3.63) is 83.8 Å². The van der Waals surface area contributed by atoms with Gasteiger partial charge in [-0.3, -0.25) is 9.59 Å². The number of rotatable bonds is 5. The lowest BCUT2D eigenvalue weighted by molar-refractivity contribution is -0.135. The van der Waals surface area contributed by atoms with E-state index in [1.807, 2.05) is 42.7 Å². The first kappa shape index (κ1) is 20.8. The van der Waals surface area contributed by atoms with Crippen LogP contribution < -0.4 is 5.32 Å². The van der Waals surface area contributed by atoms with Gasteiger partial charge in [0.05, 0.1) is 18.7 Å². The fraction of sp³-hybridized carbons (Fsp3) is 0.200. The van der Waals surface area contributed by atoms with Crippen molar-refractivity contribution in [2.75, 3.05) is 13.2 Å². The zero-order valence-corrected chi connectivity index (χ0v) is 17.9. The fourth-order valence-corrected chi connectivity index (χ4v) is 4.40. The van der Waals surface area contributed by atoms with E-state index < -0.39 is 18.6 Å². The van der Waals surface area contributed by atoms with Gasteiger partial charge in [0.2, 0.25) is 5.91 Å². The summed E-state index contributed by atoms with van der Waals surface area (Å²) in [6, 6.07) is 15.3. The maximum Gasteiger partial charge on any atom is 0.255 e. The molecule has 2 aromatic heterocycles. The number of fused-ring (bicyclic) bond motifs is 3. The Balaban J connectivity index is 1.33. The van der Waals surface area contributed by atoms with E-state index in [2.05, 4.69) is 16.4 Å². The third-order valence-corrected chi connectivity index (χ3v) is 6.11. The Labute approximate surface area is 190 Å². The Hall–Kier alpha value is -4.04. The highest BCUT2D eigenvalue weighted by Crippen LogP contribution is 2.28. The minimum atomic E-state index is -1.11. The van der Waals surface area contributed by atoms with Crippen LogP contribution in [0.4, 0.5) is 0 Å². The van der Waals surface area contributed by atoms with E-state index in [0.29, 0.717) is 25.2 Å². The summed E-state index contributed by atoms with van der Waals surface area (Å²) >= 11 is 0. The third kappa shape index (κ3) is 3.85. The molecular formula is C25H24N4O4. The number of aromatic amines is 1. The molecule has 168 valence electrons. The van der Waals surface area contributed by atoms with E-state index in [-0.39, 0.29) is 17.2 Å². The number of phenols is 1. The normalized spacial score (nSPS) is 14.2. The molecular weight excluding hydrogens is 420 g/mol. The molecule has 3 heterocycles. The molecule has 1 aliphatic rings. The summed E-state index contributed by atoms with van der Waals surface area (Å²) in [5.74, 6) is -1.19. The van der Waals surface area contributed by atoms with E-state index in [4.69, 9.17) is 0 Å². The summed E-state index contributed by atoms with van der Waals surface area (Å²) < 4.78 is 1.80. The van der Waals surface area contributed by atoms with Crippen molar-refractivity contribution >= 4 is 22.7 Å². The van der Waals surface area contributed by atoms with Crippen LogP contribution in [-0.4, -0.2) is 55.7 Å². The van der Waals surface area contributed by atoms with Crippen LogP contribution in [0.5, 0.6) is 5.75 Å². The fourth-order valence-electron chi connectivity index (χ4n) is 4.40. The molecule has 0 saturated carbocycles. The Bertz CT molecular complexity index is 1330. The van der Waals surface area contributed by atoms with Crippen molar-refractivity contribution in [2.45, 2.75) is 19.0 Å². The molecule has 2 amide bonds. The predicted octanol–water partition coefficient (Wildman–Crippen LogP) is 2.34. The van der Waals surface area contributed by atoms with Crippen molar-refractivity contribution in [2.24, 2.45) is 0 Å². The zero-order valence-electron chi connectivity index (χ0n) is 17.9. The summed E-state index contributed by atoms with van der Waals surface area (Å²) in [6.45, 7) is 0.330. The number of aliphatic hydroxyl groups excluding tert-OH is 1.